The predicted molar refractivity (Wildman–Crippen MR) is 101 cm³/mol. The van der Waals surface area contributed by atoms with E-state index in [9.17, 15) is 4.79 Å². The van der Waals surface area contributed by atoms with Crippen molar-refractivity contribution in [3.8, 4) is 5.69 Å². The van der Waals surface area contributed by atoms with Crippen molar-refractivity contribution < 1.29 is 4.79 Å². The highest BCUT2D eigenvalue weighted by Gasteiger charge is 2.10. The maximum atomic E-state index is 12.3. The number of hydrogen-bond donors (Lipinski definition) is 2. The minimum absolute atomic E-state index is 0.0826. The Bertz CT molecular complexity index is 832. The molecule has 0 unspecified atom stereocenters. The summed E-state index contributed by atoms with van der Waals surface area (Å²) in [6.45, 7) is 1.92. The lowest BCUT2D eigenvalue weighted by Gasteiger charge is -2.12. The minimum Gasteiger partial charge on any atom is -0.397 e. The maximum Gasteiger partial charge on any atom is 0.228 e. The first-order valence-electron chi connectivity index (χ1n) is 7.60. The lowest BCUT2D eigenvalue weighted by molar-refractivity contribution is -0.115. The summed E-state index contributed by atoms with van der Waals surface area (Å²) in [4.78, 5) is 12.3. The third kappa shape index (κ3) is 3.68. The van der Waals surface area contributed by atoms with Crippen LogP contribution in [0.4, 0.5) is 11.4 Å². The number of aromatic nitrogens is 1. The maximum absolute atomic E-state index is 12.3. The molecule has 0 fully saturated rings. The normalized spacial score (nSPS) is 10.6. The van der Waals surface area contributed by atoms with E-state index in [2.05, 4.69) is 21.2 Å². The van der Waals surface area contributed by atoms with Gasteiger partial charge in [-0.2, -0.15) is 0 Å². The SMILES string of the molecule is Cc1cc(Br)cc(N)c1NC(=O)Cc1ccc(-n2cccc2)cc1. The molecule has 0 radical (unpaired) electrons. The fourth-order valence-corrected chi connectivity index (χ4v) is 3.19. The predicted octanol–water partition coefficient (Wildman–Crippen LogP) is 4.31. The Kier molecular flexibility index (Phi) is 4.71. The minimum atomic E-state index is -0.0826. The van der Waals surface area contributed by atoms with Crippen LogP contribution in [0.2, 0.25) is 0 Å². The summed E-state index contributed by atoms with van der Waals surface area (Å²) in [6, 6.07) is 15.6. The van der Waals surface area contributed by atoms with Gasteiger partial charge in [-0.3, -0.25) is 4.79 Å². The van der Waals surface area contributed by atoms with Crippen LogP contribution in [-0.2, 0) is 11.2 Å². The zero-order valence-electron chi connectivity index (χ0n) is 13.3. The van der Waals surface area contributed by atoms with Crippen molar-refractivity contribution >= 4 is 33.2 Å². The van der Waals surface area contributed by atoms with E-state index in [1.54, 1.807) is 6.07 Å². The molecule has 4 nitrogen and oxygen atoms in total. The Balaban J connectivity index is 1.69. The lowest BCUT2D eigenvalue weighted by Crippen LogP contribution is -2.16. The summed E-state index contributed by atoms with van der Waals surface area (Å²) in [6.07, 6.45) is 4.28. The van der Waals surface area contributed by atoms with E-state index in [4.69, 9.17) is 5.73 Å². The van der Waals surface area contributed by atoms with E-state index < -0.39 is 0 Å². The molecular weight excluding hydrogens is 366 g/mol. The number of nitrogens with zero attached hydrogens (tertiary/aromatic N) is 1. The molecule has 1 amide bonds. The van der Waals surface area contributed by atoms with Gasteiger partial charge in [0.05, 0.1) is 17.8 Å². The van der Waals surface area contributed by atoms with Gasteiger partial charge >= 0.3 is 0 Å². The molecule has 1 aromatic heterocycles. The molecule has 1 heterocycles. The van der Waals surface area contributed by atoms with E-state index >= 15 is 0 Å². The van der Waals surface area contributed by atoms with Crippen LogP contribution in [0.3, 0.4) is 0 Å². The van der Waals surface area contributed by atoms with E-state index in [0.717, 1.165) is 21.3 Å². The first kappa shape index (κ1) is 16.3. The van der Waals surface area contributed by atoms with Gasteiger partial charge in [0.1, 0.15) is 0 Å². The topological polar surface area (TPSA) is 60.0 Å². The second kappa shape index (κ2) is 6.93. The number of rotatable bonds is 4. The molecule has 24 heavy (non-hydrogen) atoms. The van der Waals surface area contributed by atoms with E-state index in [0.29, 0.717) is 17.8 Å². The average Bonchev–Trinajstić information content (AvgIpc) is 3.06. The van der Waals surface area contributed by atoms with Crippen LogP contribution in [0, 0.1) is 6.92 Å². The molecule has 0 aliphatic rings. The Morgan fingerprint density at radius 3 is 2.46 bits per heavy atom. The van der Waals surface area contributed by atoms with Crippen molar-refractivity contribution in [1.29, 1.82) is 0 Å². The van der Waals surface area contributed by atoms with E-state index in [1.165, 1.54) is 0 Å². The van der Waals surface area contributed by atoms with Crippen LogP contribution in [0.5, 0.6) is 0 Å². The number of aryl methyl sites for hydroxylation is 1. The third-order valence-corrected chi connectivity index (χ3v) is 4.26. The van der Waals surface area contributed by atoms with Crippen molar-refractivity contribution in [2.45, 2.75) is 13.3 Å². The first-order chi connectivity index (χ1) is 11.5. The van der Waals surface area contributed by atoms with Gasteiger partial charge in [0.2, 0.25) is 5.91 Å². The summed E-state index contributed by atoms with van der Waals surface area (Å²) in [5, 5.41) is 2.91. The number of benzene rings is 2. The molecule has 5 heteroatoms. The number of amides is 1. The number of nitrogens with two attached hydrogens (primary N) is 1. The van der Waals surface area contributed by atoms with Crippen LogP contribution >= 0.6 is 15.9 Å². The fraction of sp³-hybridized carbons (Fsp3) is 0.105. The van der Waals surface area contributed by atoms with Crippen LogP contribution < -0.4 is 11.1 Å². The highest BCUT2D eigenvalue weighted by Crippen LogP contribution is 2.27. The molecule has 3 N–H and O–H groups in total. The number of hydrogen-bond acceptors (Lipinski definition) is 2. The van der Waals surface area contributed by atoms with Gasteiger partial charge in [-0.1, -0.05) is 28.1 Å². The van der Waals surface area contributed by atoms with Crippen LogP contribution in [0.1, 0.15) is 11.1 Å². The van der Waals surface area contributed by atoms with E-state index in [1.807, 2.05) is 66.3 Å². The largest absolute Gasteiger partial charge is 0.397 e. The second-order valence-corrected chi connectivity index (χ2v) is 6.58. The van der Waals surface area contributed by atoms with Crippen molar-refractivity contribution in [3.05, 3.63) is 76.5 Å². The Labute approximate surface area is 149 Å². The monoisotopic (exact) mass is 383 g/mol. The van der Waals surface area contributed by atoms with Gasteiger partial charge < -0.3 is 15.6 Å². The fourth-order valence-electron chi connectivity index (χ4n) is 2.60. The van der Waals surface area contributed by atoms with Gasteiger partial charge in [-0.25, -0.2) is 0 Å². The third-order valence-electron chi connectivity index (χ3n) is 3.80. The van der Waals surface area contributed by atoms with Crippen molar-refractivity contribution in [2.24, 2.45) is 0 Å². The zero-order valence-corrected chi connectivity index (χ0v) is 14.9. The number of halogens is 1. The average molecular weight is 384 g/mol. The number of nitrogens with one attached hydrogen (secondary N) is 1. The lowest BCUT2D eigenvalue weighted by atomic mass is 10.1. The zero-order chi connectivity index (χ0) is 17.1. The van der Waals surface area contributed by atoms with Gasteiger partial charge in [0.15, 0.2) is 0 Å². The standard InChI is InChI=1S/C19H18BrN3O/c1-13-10-15(20)12-17(21)19(13)22-18(24)11-14-4-6-16(7-5-14)23-8-2-3-9-23/h2-10,12H,11,21H2,1H3,(H,22,24). The van der Waals surface area contributed by atoms with E-state index in [-0.39, 0.29) is 5.91 Å². The van der Waals surface area contributed by atoms with Crippen LogP contribution in [-0.4, -0.2) is 10.5 Å². The van der Waals surface area contributed by atoms with Gasteiger partial charge in [-0.15, -0.1) is 0 Å². The molecule has 0 aliphatic carbocycles. The quantitative estimate of drug-likeness (QED) is 0.659. The number of anilines is 2. The molecule has 122 valence electrons. The smallest absolute Gasteiger partial charge is 0.228 e. The Morgan fingerprint density at radius 1 is 1.17 bits per heavy atom. The molecule has 2 aromatic carbocycles. The summed E-state index contributed by atoms with van der Waals surface area (Å²) in [5.74, 6) is -0.0826. The molecule has 0 bridgehead atoms. The summed E-state index contributed by atoms with van der Waals surface area (Å²) < 4.78 is 2.92. The first-order valence-corrected chi connectivity index (χ1v) is 8.40. The van der Waals surface area contributed by atoms with Crippen molar-refractivity contribution in [2.75, 3.05) is 11.1 Å². The molecule has 0 atom stereocenters. The molecule has 3 rings (SSSR count). The molecule has 0 spiro atoms. The highest BCUT2D eigenvalue weighted by atomic mass is 79.9. The Hall–Kier alpha value is -2.53. The molecular formula is C19H18BrN3O. The second-order valence-electron chi connectivity index (χ2n) is 5.67. The van der Waals surface area contributed by atoms with Gasteiger partial charge in [0.25, 0.3) is 0 Å². The summed E-state index contributed by atoms with van der Waals surface area (Å²) >= 11 is 3.40. The highest BCUT2D eigenvalue weighted by molar-refractivity contribution is 9.10. The van der Waals surface area contributed by atoms with Crippen molar-refractivity contribution in [1.82, 2.24) is 4.57 Å². The van der Waals surface area contributed by atoms with Gasteiger partial charge in [-0.05, 0) is 54.4 Å². The summed E-state index contributed by atoms with van der Waals surface area (Å²) in [5.41, 5.74) is 10.2. The number of carbonyl (C=O) groups excluding carboxylic acids is 1. The van der Waals surface area contributed by atoms with Crippen molar-refractivity contribution in [3.63, 3.8) is 0 Å². The Morgan fingerprint density at radius 2 is 1.83 bits per heavy atom. The molecule has 0 saturated carbocycles. The summed E-state index contributed by atoms with van der Waals surface area (Å²) in [7, 11) is 0. The molecule has 3 aromatic rings. The number of carbonyl (C=O) groups is 1. The molecule has 0 saturated heterocycles. The number of nitrogen functional groups attached to an aromatic ring is 1. The van der Waals surface area contributed by atoms with Crippen LogP contribution in [0.15, 0.2) is 65.4 Å². The molecule has 0 aliphatic heterocycles. The van der Waals surface area contributed by atoms with Gasteiger partial charge in [0, 0.05) is 22.6 Å². The van der Waals surface area contributed by atoms with Crippen LogP contribution in [0.25, 0.3) is 5.69 Å².